The van der Waals surface area contributed by atoms with Gasteiger partial charge >= 0.3 is 6.09 Å². The molecule has 2 N–H and O–H groups in total. The fourth-order valence-electron chi connectivity index (χ4n) is 4.01. The van der Waals surface area contributed by atoms with Crippen LogP contribution < -0.4 is 10.6 Å². The van der Waals surface area contributed by atoms with Gasteiger partial charge in [0.25, 0.3) is 0 Å². The molecule has 7 nitrogen and oxygen atoms in total. The Balaban J connectivity index is 2.49. The first kappa shape index (κ1) is 27.7. The van der Waals surface area contributed by atoms with E-state index in [4.69, 9.17) is 4.74 Å². The first-order valence-corrected chi connectivity index (χ1v) is 12.3. The number of hydrogen-bond donors (Lipinski definition) is 2. The maximum atomic E-state index is 14.1. The van der Waals surface area contributed by atoms with Crippen LogP contribution in [0.5, 0.6) is 0 Å². The second kappa shape index (κ2) is 10.8. The van der Waals surface area contributed by atoms with Crippen LogP contribution in [-0.4, -0.2) is 46.0 Å². The monoisotopic (exact) mass is 473 g/mol. The molecule has 0 bridgehead atoms. The normalized spacial score (nSPS) is 16.3. The number of nitrogens with zero attached hydrogens (tertiary/aromatic N) is 1. The maximum absolute atomic E-state index is 14.1. The molecule has 0 spiro atoms. The number of benzene rings is 1. The molecule has 0 radical (unpaired) electrons. The Morgan fingerprint density at radius 2 is 1.68 bits per heavy atom. The summed E-state index contributed by atoms with van der Waals surface area (Å²) in [6.45, 7) is 16.9. The summed E-state index contributed by atoms with van der Waals surface area (Å²) in [5.74, 6) is -0.675. The zero-order valence-electron chi connectivity index (χ0n) is 22.3. The molecule has 1 aliphatic carbocycles. The quantitative estimate of drug-likeness (QED) is 0.591. The van der Waals surface area contributed by atoms with E-state index in [0.717, 1.165) is 30.4 Å². The van der Waals surface area contributed by atoms with Crippen LogP contribution in [0.4, 0.5) is 4.79 Å². The van der Waals surface area contributed by atoms with Gasteiger partial charge in [0.1, 0.15) is 17.7 Å². The van der Waals surface area contributed by atoms with Crippen LogP contribution in [0, 0.1) is 12.8 Å². The van der Waals surface area contributed by atoms with Gasteiger partial charge < -0.3 is 20.3 Å². The van der Waals surface area contributed by atoms with E-state index in [0.29, 0.717) is 0 Å². The third kappa shape index (κ3) is 7.74. The number of hydrogen-bond acceptors (Lipinski definition) is 4. The highest BCUT2D eigenvalue weighted by atomic mass is 16.6. The molecule has 0 aromatic heterocycles. The minimum absolute atomic E-state index is 0.0644. The minimum atomic E-state index is -0.815. The lowest BCUT2D eigenvalue weighted by Crippen LogP contribution is -2.59. The molecule has 190 valence electrons. The number of carbonyl (C=O) groups is 3. The molecule has 2 unspecified atom stereocenters. The molecule has 2 rings (SSSR count). The highest BCUT2D eigenvalue weighted by Crippen LogP contribution is 2.35. The fourth-order valence-corrected chi connectivity index (χ4v) is 4.01. The van der Waals surface area contributed by atoms with E-state index in [1.54, 1.807) is 25.7 Å². The van der Waals surface area contributed by atoms with Crippen molar-refractivity contribution in [1.29, 1.82) is 0 Å². The third-order valence-corrected chi connectivity index (χ3v) is 5.71. The van der Waals surface area contributed by atoms with E-state index in [9.17, 15) is 14.4 Å². The average molecular weight is 474 g/mol. The van der Waals surface area contributed by atoms with Gasteiger partial charge in [-0.05, 0) is 79.2 Å². The highest BCUT2D eigenvalue weighted by molar-refractivity contribution is 5.92. The van der Waals surface area contributed by atoms with Gasteiger partial charge in [0.05, 0.1) is 0 Å². The Hall–Kier alpha value is -2.57. The van der Waals surface area contributed by atoms with Crippen molar-refractivity contribution in [3.8, 4) is 0 Å². The molecule has 1 aromatic carbocycles. The topological polar surface area (TPSA) is 87.7 Å². The lowest BCUT2D eigenvalue weighted by atomic mass is 9.87. The van der Waals surface area contributed by atoms with E-state index in [-0.39, 0.29) is 23.8 Å². The molecular formula is C27H43N3O4. The molecule has 34 heavy (non-hydrogen) atoms. The molecule has 2 atom stereocenters. The fraction of sp³-hybridized carbons (Fsp3) is 0.667. The Bertz CT molecular complexity index is 879. The summed E-state index contributed by atoms with van der Waals surface area (Å²) in [7, 11) is 0. The molecule has 3 amide bonds. The highest BCUT2D eigenvalue weighted by Gasteiger charge is 2.43. The van der Waals surface area contributed by atoms with Gasteiger partial charge in [-0.25, -0.2) is 4.79 Å². The van der Waals surface area contributed by atoms with Crippen molar-refractivity contribution in [2.24, 2.45) is 5.92 Å². The Labute approximate surface area is 205 Å². The maximum Gasteiger partial charge on any atom is 0.408 e. The first-order chi connectivity index (χ1) is 15.6. The summed E-state index contributed by atoms with van der Waals surface area (Å²) in [6.07, 6.45) is 2.02. The van der Waals surface area contributed by atoms with Crippen LogP contribution in [0.25, 0.3) is 0 Å². The molecule has 1 aliphatic rings. The van der Waals surface area contributed by atoms with Crippen molar-refractivity contribution in [1.82, 2.24) is 15.5 Å². The molecule has 1 saturated carbocycles. The van der Waals surface area contributed by atoms with Crippen LogP contribution >= 0.6 is 0 Å². The van der Waals surface area contributed by atoms with Gasteiger partial charge in [-0.1, -0.05) is 43.7 Å². The molecule has 0 heterocycles. The molecule has 0 saturated heterocycles. The van der Waals surface area contributed by atoms with Crippen molar-refractivity contribution in [3.63, 3.8) is 0 Å². The van der Waals surface area contributed by atoms with Crippen molar-refractivity contribution in [3.05, 3.63) is 35.4 Å². The summed E-state index contributed by atoms with van der Waals surface area (Å²) in [5, 5.41) is 5.85. The number of carbonyl (C=O) groups excluding carboxylic acids is 3. The van der Waals surface area contributed by atoms with Gasteiger partial charge in [-0.2, -0.15) is 0 Å². The van der Waals surface area contributed by atoms with E-state index in [2.05, 4.69) is 10.6 Å². The number of alkyl carbamates (subject to hydrolysis) is 1. The molecule has 1 aromatic rings. The number of aryl methyl sites for hydroxylation is 1. The second-order valence-corrected chi connectivity index (χ2v) is 11.8. The third-order valence-electron chi connectivity index (χ3n) is 5.71. The number of rotatable bonds is 7. The van der Waals surface area contributed by atoms with E-state index < -0.39 is 29.3 Å². The van der Waals surface area contributed by atoms with Gasteiger partial charge in [0.2, 0.25) is 11.8 Å². The van der Waals surface area contributed by atoms with Crippen LogP contribution in [0.2, 0.25) is 0 Å². The number of ether oxygens (including phenoxy) is 1. The molecule has 1 fully saturated rings. The standard InChI is InChI=1S/C27H43N3O4/c1-17(2)21(28-25(33)34-27(7,8)9)24(32)30(20-14-11-15-20)22(23(31)29-26(4,5)6)19-13-10-12-18(3)16-19/h10,12-13,16-17,20-22H,11,14-15H2,1-9H3,(H,28,33)(H,29,31). The van der Waals surface area contributed by atoms with Crippen LogP contribution in [0.15, 0.2) is 24.3 Å². The average Bonchev–Trinajstić information content (AvgIpc) is 2.60. The van der Waals surface area contributed by atoms with Gasteiger partial charge in [0, 0.05) is 11.6 Å². The summed E-state index contributed by atoms with van der Waals surface area (Å²) >= 11 is 0. The zero-order valence-corrected chi connectivity index (χ0v) is 22.3. The van der Waals surface area contributed by atoms with E-state index in [1.807, 2.05) is 65.8 Å². The Morgan fingerprint density at radius 3 is 2.12 bits per heavy atom. The van der Waals surface area contributed by atoms with Crippen molar-refractivity contribution in [2.45, 2.75) is 111 Å². The number of nitrogens with one attached hydrogen (secondary N) is 2. The molecule has 7 heteroatoms. The van der Waals surface area contributed by atoms with Crippen LogP contribution in [0.1, 0.15) is 91.8 Å². The van der Waals surface area contributed by atoms with Crippen molar-refractivity contribution in [2.75, 3.05) is 0 Å². The first-order valence-electron chi connectivity index (χ1n) is 12.3. The summed E-state index contributed by atoms with van der Waals surface area (Å²) in [4.78, 5) is 42.0. The predicted molar refractivity (Wildman–Crippen MR) is 134 cm³/mol. The SMILES string of the molecule is Cc1cccc(C(C(=O)NC(C)(C)C)N(C(=O)C(NC(=O)OC(C)(C)C)C(C)C)C2CCC2)c1. The molecule has 0 aliphatic heterocycles. The second-order valence-electron chi connectivity index (χ2n) is 11.8. The zero-order chi connectivity index (χ0) is 25.8. The summed E-state index contributed by atoms with van der Waals surface area (Å²) in [6, 6.07) is 6.06. The predicted octanol–water partition coefficient (Wildman–Crippen LogP) is 4.88. The lowest BCUT2D eigenvalue weighted by Gasteiger charge is -2.44. The van der Waals surface area contributed by atoms with Gasteiger partial charge in [-0.3, -0.25) is 9.59 Å². The largest absolute Gasteiger partial charge is 0.444 e. The number of amides is 3. The van der Waals surface area contributed by atoms with Crippen LogP contribution in [-0.2, 0) is 14.3 Å². The van der Waals surface area contributed by atoms with E-state index >= 15 is 0 Å². The summed E-state index contributed by atoms with van der Waals surface area (Å²) in [5.41, 5.74) is 0.639. The smallest absolute Gasteiger partial charge is 0.408 e. The Morgan fingerprint density at radius 1 is 1.06 bits per heavy atom. The summed E-state index contributed by atoms with van der Waals surface area (Å²) < 4.78 is 5.42. The van der Waals surface area contributed by atoms with Crippen molar-refractivity contribution >= 4 is 17.9 Å². The minimum Gasteiger partial charge on any atom is -0.444 e. The van der Waals surface area contributed by atoms with Gasteiger partial charge in [0.15, 0.2) is 0 Å². The lowest BCUT2D eigenvalue weighted by molar-refractivity contribution is -0.148. The molecular weight excluding hydrogens is 430 g/mol. The van der Waals surface area contributed by atoms with Gasteiger partial charge in [-0.15, -0.1) is 0 Å². The van der Waals surface area contributed by atoms with Crippen LogP contribution in [0.3, 0.4) is 0 Å². The Kier molecular flexibility index (Phi) is 8.78. The van der Waals surface area contributed by atoms with E-state index in [1.165, 1.54) is 0 Å². The van der Waals surface area contributed by atoms with Crippen molar-refractivity contribution < 1.29 is 19.1 Å².